The van der Waals surface area contributed by atoms with Gasteiger partial charge in [-0.15, -0.1) is 11.3 Å². The molecule has 2 aromatic carbocycles. The van der Waals surface area contributed by atoms with Crippen molar-refractivity contribution in [2.45, 2.75) is 12.6 Å². The molecule has 0 aliphatic heterocycles. The van der Waals surface area contributed by atoms with Crippen LogP contribution in [-0.2, 0) is 16.1 Å². The van der Waals surface area contributed by atoms with Crippen LogP contribution in [0.25, 0.3) is 0 Å². The summed E-state index contributed by atoms with van der Waals surface area (Å²) in [5, 5.41) is 7.59. The van der Waals surface area contributed by atoms with Crippen LogP contribution in [0.2, 0.25) is 0 Å². The smallest absolute Gasteiger partial charge is 0.248 e. The van der Waals surface area contributed by atoms with Crippen molar-refractivity contribution in [1.29, 1.82) is 0 Å². The van der Waals surface area contributed by atoms with Crippen molar-refractivity contribution >= 4 is 23.2 Å². The predicted molar refractivity (Wildman–Crippen MR) is 103 cm³/mol. The second-order valence-corrected chi connectivity index (χ2v) is 6.69. The minimum absolute atomic E-state index is 0.230. The third-order valence-corrected chi connectivity index (χ3v) is 4.72. The van der Waals surface area contributed by atoms with Gasteiger partial charge in [-0.05, 0) is 22.6 Å². The molecule has 0 unspecified atom stereocenters. The minimum atomic E-state index is -0.717. The number of hydrogen-bond donors (Lipinski definition) is 2. The van der Waals surface area contributed by atoms with Crippen molar-refractivity contribution in [2.75, 3.05) is 0 Å². The summed E-state index contributed by atoms with van der Waals surface area (Å²) in [6, 6.07) is 22.0. The van der Waals surface area contributed by atoms with E-state index in [1.54, 1.807) is 0 Å². The highest BCUT2D eigenvalue weighted by molar-refractivity contribution is 7.10. The van der Waals surface area contributed by atoms with E-state index >= 15 is 0 Å². The molecule has 26 heavy (non-hydrogen) atoms. The van der Waals surface area contributed by atoms with Gasteiger partial charge in [0.15, 0.2) is 0 Å². The quantitative estimate of drug-likeness (QED) is 0.675. The first-order chi connectivity index (χ1) is 12.7. The van der Waals surface area contributed by atoms with E-state index in [9.17, 15) is 9.59 Å². The number of carbonyl (C=O) groups is 2. The summed E-state index contributed by atoms with van der Waals surface area (Å²) in [4.78, 5) is 25.8. The van der Waals surface area contributed by atoms with E-state index in [2.05, 4.69) is 10.6 Å². The number of amides is 2. The first-order valence-electron chi connectivity index (χ1n) is 8.28. The third kappa shape index (κ3) is 5.04. The molecule has 1 atom stereocenters. The van der Waals surface area contributed by atoms with Gasteiger partial charge in [-0.2, -0.15) is 0 Å². The fourth-order valence-corrected chi connectivity index (χ4v) is 3.27. The van der Waals surface area contributed by atoms with Crippen LogP contribution in [-0.4, -0.2) is 11.8 Å². The monoisotopic (exact) mass is 363 g/mol. The Bertz CT molecular complexity index is 833. The molecule has 2 amide bonds. The number of rotatable bonds is 7. The average Bonchev–Trinajstić information content (AvgIpc) is 3.20. The number of nitrogens with one attached hydrogen (secondary N) is 2. The Morgan fingerprint density at radius 2 is 1.62 bits per heavy atom. The van der Waals surface area contributed by atoms with E-state index in [1.807, 2.05) is 78.2 Å². The summed E-state index contributed by atoms with van der Waals surface area (Å²) < 4.78 is 0. The van der Waals surface area contributed by atoms with Crippen molar-refractivity contribution in [1.82, 2.24) is 10.6 Å². The maximum absolute atomic E-state index is 12.7. The molecule has 4 nitrogen and oxygen atoms in total. The largest absolute Gasteiger partial charge is 0.350 e. The van der Waals surface area contributed by atoms with Crippen LogP contribution in [0.1, 0.15) is 22.0 Å². The van der Waals surface area contributed by atoms with E-state index in [0.717, 1.165) is 16.0 Å². The molecule has 0 aliphatic carbocycles. The maximum atomic E-state index is 12.7. The maximum Gasteiger partial charge on any atom is 0.248 e. The zero-order valence-electron chi connectivity index (χ0n) is 14.1. The van der Waals surface area contributed by atoms with Gasteiger partial charge in [-0.25, -0.2) is 0 Å². The second-order valence-electron chi connectivity index (χ2n) is 5.72. The molecule has 0 saturated carbocycles. The van der Waals surface area contributed by atoms with Gasteiger partial charge in [0.05, 0.1) is 6.42 Å². The van der Waals surface area contributed by atoms with Crippen LogP contribution >= 0.6 is 11.3 Å². The highest BCUT2D eigenvalue weighted by Gasteiger charge is 2.23. The lowest BCUT2D eigenvalue weighted by Gasteiger charge is -2.17. The zero-order valence-corrected chi connectivity index (χ0v) is 14.9. The van der Waals surface area contributed by atoms with Gasteiger partial charge >= 0.3 is 0 Å². The predicted octanol–water partition coefficient (Wildman–Crippen LogP) is 3.47. The Morgan fingerprint density at radius 1 is 0.923 bits per heavy atom. The molecule has 131 valence electrons. The molecule has 1 aromatic heterocycles. The van der Waals surface area contributed by atoms with Crippen LogP contribution in [0.3, 0.4) is 0 Å². The Hall–Kier alpha value is -2.92. The molecule has 0 fully saturated rings. The van der Waals surface area contributed by atoms with Crippen molar-refractivity contribution in [3.63, 3.8) is 0 Å². The molecule has 3 rings (SSSR count). The molecule has 0 aliphatic rings. The topological polar surface area (TPSA) is 58.2 Å². The molecule has 0 spiro atoms. The van der Waals surface area contributed by atoms with E-state index in [-0.39, 0.29) is 11.8 Å². The van der Waals surface area contributed by atoms with E-state index in [4.69, 9.17) is 0 Å². The van der Waals surface area contributed by atoms with Crippen molar-refractivity contribution in [2.24, 2.45) is 0 Å². The van der Waals surface area contributed by atoms with Crippen LogP contribution in [0, 0.1) is 6.42 Å². The molecule has 0 saturated heterocycles. The molecule has 3 aromatic rings. The van der Waals surface area contributed by atoms with Gasteiger partial charge in [-0.3, -0.25) is 9.59 Å². The summed E-state index contributed by atoms with van der Waals surface area (Å²) in [6.07, 6.45) is 1.49. The Kier molecular flexibility index (Phi) is 6.17. The normalized spacial score (nSPS) is 11.5. The van der Waals surface area contributed by atoms with E-state index in [0.29, 0.717) is 6.54 Å². The number of thiophene rings is 1. The number of hydrogen-bond acceptors (Lipinski definition) is 3. The summed E-state index contributed by atoms with van der Waals surface area (Å²) in [6.45, 7) is 0.416. The summed E-state index contributed by atoms with van der Waals surface area (Å²) in [7, 11) is 0. The lowest BCUT2D eigenvalue weighted by atomic mass is 10.1. The minimum Gasteiger partial charge on any atom is -0.350 e. The highest BCUT2D eigenvalue weighted by Crippen LogP contribution is 2.20. The zero-order chi connectivity index (χ0) is 18.2. The standard InChI is InChI=1S/C21H19N2O2S/c24-19(14-16-8-3-1-4-9-16)23-20(18-12-7-13-26-18)21(25)22-15-17-10-5-2-6-11-17/h1-14,20H,15H2,(H,22,25)(H,23,24)/t20-/m0/s1. The molecular formula is C21H19N2O2S. The van der Waals surface area contributed by atoms with Crippen molar-refractivity contribution < 1.29 is 9.59 Å². The van der Waals surface area contributed by atoms with Crippen molar-refractivity contribution in [3.8, 4) is 0 Å². The molecule has 5 heteroatoms. The molecule has 1 radical (unpaired) electrons. The van der Waals surface area contributed by atoms with E-state index in [1.165, 1.54) is 17.8 Å². The molecular weight excluding hydrogens is 344 g/mol. The molecule has 1 heterocycles. The molecule has 0 bridgehead atoms. The SMILES string of the molecule is O=C([CH]c1ccccc1)N[C@H](C(=O)NCc1ccccc1)c1cccs1. The number of carbonyl (C=O) groups excluding carboxylic acids is 2. The Labute approximate surface area is 156 Å². The fourth-order valence-electron chi connectivity index (χ4n) is 2.49. The number of benzene rings is 2. The lowest BCUT2D eigenvalue weighted by Crippen LogP contribution is -2.40. The lowest BCUT2D eigenvalue weighted by molar-refractivity contribution is -0.127. The van der Waals surface area contributed by atoms with Crippen LogP contribution in [0.15, 0.2) is 78.2 Å². The van der Waals surface area contributed by atoms with Crippen LogP contribution in [0.4, 0.5) is 0 Å². The summed E-state index contributed by atoms with van der Waals surface area (Å²) >= 11 is 1.44. The van der Waals surface area contributed by atoms with Gasteiger partial charge in [-0.1, -0.05) is 66.7 Å². The molecule has 2 N–H and O–H groups in total. The second kappa shape index (κ2) is 8.97. The first kappa shape index (κ1) is 17.9. The average molecular weight is 363 g/mol. The Balaban J connectivity index is 1.65. The van der Waals surface area contributed by atoms with Gasteiger partial charge in [0.1, 0.15) is 6.04 Å². The summed E-state index contributed by atoms with van der Waals surface area (Å²) in [5.74, 6) is -0.532. The van der Waals surface area contributed by atoms with Gasteiger partial charge in [0.25, 0.3) is 0 Å². The third-order valence-electron chi connectivity index (χ3n) is 3.78. The van der Waals surface area contributed by atoms with Crippen LogP contribution in [0.5, 0.6) is 0 Å². The highest BCUT2D eigenvalue weighted by atomic mass is 32.1. The summed E-state index contributed by atoms with van der Waals surface area (Å²) in [5.41, 5.74) is 1.80. The fraction of sp³-hybridized carbons (Fsp3) is 0.0952. The van der Waals surface area contributed by atoms with Crippen LogP contribution < -0.4 is 10.6 Å². The van der Waals surface area contributed by atoms with Gasteiger partial charge in [0.2, 0.25) is 11.8 Å². The first-order valence-corrected chi connectivity index (χ1v) is 9.15. The van der Waals surface area contributed by atoms with Gasteiger partial charge in [0, 0.05) is 11.4 Å². The Morgan fingerprint density at radius 3 is 2.27 bits per heavy atom. The van der Waals surface area contributed by atoms with Crippen molar-refractivity contribution in [3.05, 3.63) is 101 Å². The van der Waals surface area contributed by atoms with E-state index < -0.39 is 6.04 Å². The van der Waals surface area contributed by atoms with Gasteiger partial charge < -0.3 is 10.6 Å².